The van der Waals surface area contributed by atoms with Crippen LogP contribution in [-0.4, -0.2) is 21.5 Å². The fourth-order valence-corrected chi connectivity index (χ4v) is 3.99. The van der Waals surface area contributed by atoms with Crippen LogP contribution in [0.2, 0.25) is 0 Å². The molecule has 0 aliphatic carbocycles. The van der Waals surface area contributed by atoms with E-state index in [4.69, 9.17) is 9.97 Å². The third-order valence-corrected chi connectivity index (χ3v) is 5.57. The van der Waals surface area contributed by atoms with Crippen molar-refractivity contribution >= 4 is 27.4 Å². The number of aromatic nitrogens is 3. The van der Waals surface area contributed by atoms with E-state index >= 15 is 0 Å². The highest BCUT2D eigenvalue weighted by Crippen LogP contribution is 2.34. The minimum absolute atomic E-state index is 0.668. The third-order valence-electron chi connectivity index (χ3n) is 4.47. The number of anilines is 1. The first-order chi connectivity index (χ1) is 12.7. The highest BCUT2D eigenvalue weighted by molar-refractivity contribution is 7.18. The summed E-state index contributed by atoms with van der Waals surface area (Å²) in [6.45, 7) is 5.10. The summed E-state index contributed by atoms with van der Waals surface area (Å²) in [7, 11) is 0. The molecule has 0 spiro atoms. The first kappa shape index (κ1) is 16.7. The number of hydrogen-bond acceptors (Lipinski definition) is 5. The van der Waals surface area contributed by atoms with Crippen LogP contribution in [0.5, 0.6) is 0 Å². The van der Waals surface area contributed by atoms with Crippen molar-refractivity contribution in [3.05, 3.63) is 70.7 Å². The lowest BCUT2D eigenvalue weighted by Gasteiger charge is -2.10. The molecule has 1 aromatic carbocycles. The molecule has 0 atom stereocenters. The number of hydrogen-bond donors (Lipinski definition) is 1. The van der Waals surface area contributed by atoms with Gasteiger partial charge in [0.05, 0.1) is 5.39 Å². The zero-order chi connectivity index (χ0) is 17.9. The van der Waals surface area contributed by atoms with Crippen molar-refractivity contribution in [3.63, 3.8) is 0 Å². The van der Waals surface area contributed by atoms with Crippen LogP contribution in [0.25, 0.3) is 21.7 Å². The van der Waals surface area contributed by atoms with Gasteiger partial charge in [-0.3, -0.25) is 4.98 Å². The largest absolute Gasteiger partial charge is 0.369 e. The molecule has 0 saturated carbocycles. The van der Waals surface area contributed by atoms with Gasteiger partial charge in [0, 0.05) is 17.6 Å². The Morgan fingerprint density at radius 3 is 2.54 bits per heavy atom. The van der Waals surface area contributed by atoms with Gasteiger partial charge in [0.25, 0.3) is 0 Å². The lowest BCUT2D eigenvalue weighted by Crippen LogP contribution is -2.08. The molecule has 0 amide bonds. The van der Waals surface area contributed by atoms with E-state index in [2.05, 4.69) is 48.4 Å². The summed E-state index contributed by atoms with van der Waals surface area (Å²) < 4.78 is 0. The van der Waals surface area contributed by atoms with E-state index in [1.165, 1.54) is 16.0 Å². The predicted octanol–water partition coefficient (Wildman–Crippen LogP) is 5.02. The lowest BCUT2D eigenvalue weighted by molar-refractivity contribution is 1.01. The van der Waals surface area contributed by atoms with Gasteiger partial charge < -0.3 is 5.32 Å². The van der Waals surface area contributed by atoms with Crippen molar-refractivity contribution in [1.29, 1.82) is 0 Å². The van der Waals surface area contributed by atoms with Gasteiger partial charge in [0.2, 0.25) is 0 Å². The first-order valence-corrected chi connectivity index (χ1v) is 9.51. The minimum atomic E-state index is 0.668. The molecule has 5 heteroatoms. The number of nitrogens with zero attached hydrogens (tertiary/aromatic N) is 3. The number of benzene rings is 1. The summed E-state index contributed by atoms with van der Waals surface area (Å²) in [5, 5.41) is 4.65. The molecule has 0 radical (unpaired) electrons. The van der Waals surface area contributed by atoms with Crippen molar-refractivity contribution < 1.29 is 0 Å². The minimum Gasteiger partial charge on any atom is -0.369 e. The average Bonchev–Trinajstić information content (AvgIpc) is 2.97. The van der Waals surface area contributed by atoms with Crippen LogP contribution in [0.1, 0.15) is 16.0 Å². The van der Waals surface area contributed by atoms with Gasteiger partial charge >= 0.3 is 0 Å². The van der Waals surface area contributed by atoms with E-state index < -0.39 is 0 Å². The van der Waals surface area contributed by atoms with Gasteiger partial charge in [-0.1, -0.05) is 36.4 Å². The topological polar surface area (TPSA) is 50.7 Å². The molecule has 4 rings (SSSR count). The highest BCUT2D eigenvalue weighted by atomic mass is 32.1. The Hall–Kier alpha value is -2.79. The third kappa shape index (κ3) is 3.30. The second-order valence-corrected chi connectivity index (χ2v) is 7.44. The molecule has 0 aliphatic heterocycles. The molecule has 3 aromatic heterocycles. The zero-order valence-electron chi connectivity index (χ0n) is 14.9. The van der Waals surface area contributed by atoms with Gasteiger partial charge in [0.15, 0.2) is 5.82 Å². The van der Waals surface area contributed by atoms with E-state index in [1.807, 2.05) is 24.3 Å². The number of rotatable bonds is 5. The second-order valence-electron chi connectivity index (χ2n) is 6.24. The normalized spacial score (nSPS) is 11.0. The first-order valence-electron chi connectivity index (χ1n) is 8.69. The molecule has 4 aromatic rings. The van der Waals surface area contributed by atoms with Crippen LogP contribution in [0, 0.1) is 13.8 Å². The van der Waals surface area contributed by atoms with Gasteiger partial charge in [-0.25, -0.2) is 9.97 Å². The quantitative estimate of drug-likeness (QED) is 0.543. The monoisotopic (exact) mass is 360 g/mol. The van der Waals surface area contributed by atoms with Crippen molar-refractivity contribution in [1.82, 2.24) is 15.0 Å². The van der Waals surface area contributed by atoms with E-state index in [9.17, 15) is 0 Å². The maximum Gasteiger partial charge on any atom is 0.181 e. The van der Waals surface area contributed by atoms with Crippen molar-refractivity contribution in [2.24, 2.45) is 0 Å². The standard InChI is InChI=1S/C21H20N4S/c1-14-15(2)26-21-18(14)20(23-13-11-16-8-4-3-5-9-16)24-19(25-21)17-10-6-7-12-22-17/h3-10,12H,11,13H2,1-2H3,(H,23,24,25). The zero-order valence-corrected chi connectivity index (χ0v) is 15.7. The molecular weight excluding hydrogens is 340 g/mol. The summed E-state index contributed by atoms with van der Waals surface area (Å²) >= 11 is 1.71. The molecule has 130 valence electrons. The summed E-state index contributed by atoms with van der Waals surface area (Å²) in [6, 6.07) is 16.3. The molecule has 3 heterocycles. The summed E-state index contributed by atoms with van der Waals surface area (Å²) in [4.78, 5) is 16.3. The van der Waals surface area contributed by atoms with E-state index in [0.717, 1.165) is 34.7 Å². The summed E-state index contributed by atoms with van der Waals surface area (Å²) in [5.41, 5.74) is 3.36. The maximum absolute atomic E-state index is 4.80. The smallest absolute Gasteiger partial charge is 0.181 e. The Morgan fingerprint density at radius 1 is 0.962 bits per heavy atom. The molecule has 4 nitrogen and oxygen atoms in total. The molecule has 0 unspecified atom stereocenters. The number of nitrogens with one attached hydrogen (secondary N) is 1. The van der Waals surface area contributed by atoms with Crippen LogP contribution in [0.4, 0.5) is 5.82 Å². The SMILES string of the molecule is Cc1sc2nc(-c3ccccn3)nc(NCCc3ccccc3)c2c1C. The van der Waals surface area contributed by atoms with Crippen molar-refractivity contribution in [2.75, 3.05) is 11.9 Å². The van der Waals surface area contributed by atoms with Gasteiger partial charge in [-0.2, -0.15) is 0 Å². The Bertz CT molecular complexity index is 1030. The van der Waals surface area contributed by atoms with Crippen LogP contribution in [0.3, 0.4) is 0 Å². The molecule has 1 N–H and O–H groups in total. The van der Waals surface area contributed by atoms with E-state index in [-0.39, 0.29) is 0 Å². The maximum atomic E-state index is 4.80. The Balaban J connectivity index is 1.69. The molecule has 0 fully saturated rings. The van der Waals surface area contributed by atoms with Crippen LogP contribution in [-0.2, 0) is 6.42 Å². The van der Waals surface area contributed by atoms with Crippen LogP contribution >= 0.6 is 11.3 Å². The Morgan fingerprint density at radius 2 is 1.77 bits per heavy atom. The number of thiophene rings is 1. The van der Waals surface area contributed by atoms with Crippen molar-refractivity contribution in [2.45, 2.75) is 20.3 Å². The van der Waals surface area contributed by atoms with E-state index in [1.54, 1.807) is 17.5 Å². The van der Waals surface area contributed by atoms with Crippen LogP contribution < -0.4 is 5.32 Å². The van der Waals surface area contributed by atoms with Gasteiger partial charge in [-0.05, 0) is 43.5 Å². The molecule has 0 saturated heterocycles. The molecule has 0 aliphatic rings. The average molecular weight is 360 g/mol. The molecule has 0 bridgehead atoms. The lowest BCUT2D eigenvalue weighted by atomic mass is 10.1. The summed E-state index contributed by atoms with van der Waals surface area (Å²) in [5.74, 6) is 1.56. The van der Waals surface area contributed by atoms with E-state index in [0.29, 0.717) is 5.82 Å². The van der Waals surface area contributed by atoms with Crippen molar-refractivity contribution in [3.8, 4) is 11.5 Å². The van der Waals surface area contributed by atoms with Gasteiger partial charge in [-0.15, -0.1) is 11.3 Å². The fraction of sp³-hybridized carbons (Fsp3) is 0.190. The molecular formula is C21H20N4S. The number of fused-ring (bicyclic) bond motifs is 1. The molecule has 26 heavy (non-hydrogen) atoms. The predicted molar refractivity (Wildman–Crippen MR) is 109 cm³/mol. The second kappa shape index (κ2) is 7.22. The fourth-order valence-electron chi connectivity index (χ4n) is 2.96. The Kier molecular flexibility index (Phi) is 4.63. The number of pyridine rings is 1. The Labute approximate surface area is 157 Å². The van der Waals surface area contributed by atoms with Crippen LogP contribution in [0.15, 0.2) is 54.7 Å². The van der Waals surface area contributed by atoms with Gasteiger partial charge in [0.1, 0.15) is 16.3 Å². The highest BCUT2D eigenvalue weighted by Gasteiger charge is 2.15. The summed E-state index contributed by atoms with van der Waals surface area (Å²) in [6.07, 6.45) is 2.73. The number of aryl methyl sites for hydroxylation is 2.